The summed E-state index contributed by atoms with van der Waals surface area (Å²) in [5.41, 5.74) is 2.71. The van der Waals surface area contributed by atoms with Crippen molar-refractivity contribution in [2.45, 2.75) is 17.0 Å². The third kappa shape index (κ3) is 3.74. The molecule has 0 saturated carbocycles. The molecule has 0 unspecified atom stereocenters. The topological polar surface area (TPSA) is 67.8 Å². The van der Waals surface area contributed by atoms with Crippen molar-refractivity contribution in [1.82, 2.24) is 15.0 Å². The molecule has 0 bridgehead atoms. The van der Waals surface area contributed by atoms with Crippen LogP contribution in [0, 0.1) is 0 Å². The Morgan fingerprint density at radius 2 is 1.92 bits per heavy atom. The van der Waals surface area contributed by atoms with Crippen molar-refractivity contribution >= 4 is 44.4 Å². The summed E-state index contributed by atoms with van der Waals surface area (Å²) < 4.78 is 1.00. The summed E-state index contributed by atoms with van der Waals surface area (Å²) in [5.74, 6) is -0.123. The van der Waals surface area contributed by atoms with Gasteiger partial charge in [-0.1, -0.05) is 35.6 Å². The van der Waals surface area contributed by atoms with Crippen LogP contribution in [0.5, 0.6) is 0 Å². The lowest BCUT2D eigenvalue weighted by Gasteiger charge is -2.04. The first kappa shape index (κ1) is 16.7. The molecule has 0 radical (unpaired) electrons. The Morgan fingerprint density at radius 1 is 1.08 bits per heavy atom. The number of thiazole rings is 1. The maximum atomic E-state index is 11.2. The lowest BCUT2D eigenvalue weighted by Crippen LogP contribution is -2.04. The molecule has 0 aliphatic heterocycles. The Kier molecular flexibility index (Phi) is 4.64. The minimum atomic E-state index is -0.123. The van der Waals surface area contributed by atoms with Gasteiger partial charge in [0.1, 0.15) is 0 Å². The largest absolute Gasteiger partial charge is 0.302 e. The number of hydrogen-bond acceptors (Lipinski definition) is 6. The van der Waals surface area contributed by atoms with Crippen LogP contribution in [0.1, 0.15) is 6.92 Å². The maximum Gasteiger partial charge on any atom is 0.223 e. The van der Waals surface area contributed by atoms with Gasteiger partial charge in [0.15, 0.2) is 10.3 Å². The fraction of sp³-hybridized carbons (Fsp3) is 0.0526. The molecule has 2 aromatic heterocycles. The Bertz CT molecular complexity index is 1080. The highest BCUT2D eigenvalue weighted by molar-refractivity contribution is 7.99. The average molecular weight is 378 g/mol. The molecule has 0 fully saturated rings. The first-order chi connectivity index (χ1) is 12.7. The van der Waals surface area contributed by atoms with Gasteiger partial charge in [-0.3, -0.25) is 4.79 Å². The lowest BCUT2D eigenvalue weighted by molar-refractivity contribution is -0.114. The number of aromatic nitrogens is 3. The van der Waals surface area contributed by atoms with E-state index in [9.17, 15) is 4.79 Å². The van der Waals surface area contributed by atoms with Gasteiger partial charge in [0.25, 0.3) is 0 Å². The molecule has 26 heavy (non-hydrogen) atoms. The summed E-state index contributed by atoms with van der Waals surface area (Å²) >= 11 is 2.98. The van der Waals surface area contributed by atoms with Gasteiger partial charge in [0, 0.05) is 23.6 Å². The number of nitrogens with zero attached hydrogens (tertiary/aromatic N) is 3. The second kappa shape index (κ2) is 7.23. The van der Waals surface area contributed by atoms with Crippen molar-refractivity contribution in [2.24, 2.45) is 0 Å². The van der Waals surface area contributed by atoms with Crippen molar-refractivity contribution in [3.63, 3.8) is 0 Å². The predicted molar refractivity (Wildman–Crippen MR) is 106 cm³/mol. The molecule has 5 nitrogen and oxygen atoms in total. The zero-order chi connectivity index (χ0) is 17.9. The molecule has 4 aromatic rings. The third-order valence-corrected chi connectivity index (χ3v) is 5.37. The molecule has 2 heterocycles. The van der Waals surface area contributed by atoms with Crippen LogP contribution in [0.15, 0.2) is 70.8 Å². The summed E-state index contributed by atoms with van der Waals surface area (Å²) in [6.45, 7) is 1.48. The van der Waals surface area contributed by atoms with Crippen LogP contribution in [0.25, 0.3) is 21.5 Å². The van der Waals surface area contributed by atoms with Crippen LogP contribution in [0.3, 0.4) is 0 Å². The molecule has 0 saturated heterocycles. The predicted octanol–water partition coefficient (Wildman–Crippen LogP) is 4.86. The number of fused-ring (bicyclic) bond motifs is 1. The molecular weight excluding hydrogens is 364 g/mol. The first-order valence-electron chi connectivity index (χ1n) is 7.92. The highest BCUT2D eigenvalue weighted by Crippen LogP contribution is 2.31. The third-order valence-electron chi connectivity index (χ3n) is 3.55. The highest BCUT2D eigenvalue weighted by Gasteiger charge is 2.09. The van der Waals surface area contributed by atoms with Crippen molar-refractivity contribution in [1.29, 1.82) is 0 Å². The maximum absolute atomic E-state index is 11.2. The molecule has 2 aromatic carbocycles. The van der Waals surface area contributed by atoms with Gasteiger partial charge in [-0.05, 0) is 42.1 Å². The number of amides is 1. The van der Waals surface area contributed by atoms with E-state index in [0.717, 1.165) is 26.4 Å². The van der Waals surface area contributed by atoms with Gasteiger partial charge < -0.3 is 5.32 Å². The van der Waals surface area contributed by atoms with E-state index >= 15 is 0 Å². The lowest BCUT2D eigenvalue weighted by atomic mass is 10.1. The van der Waals surface area contributed by atoms with Crippen LogP contribution >= 0.6 is 23.1 Å². The molecule has 0 aliphatic carbocycles. The monoisotopic (exact) mass is 378 g/mol. The van der Waals surface area contributed by atoms with Crippen LogP contribution in [-0.2, 0) is 4.79 Å². The van der Waals surface area contributed by atoms with Crippen molar-refractivity contribution < 1.29 is 4.79 Å². The van der Waals surface area contributed by atoms with Crippen LogP contribution in [0.4, 0.5) is 5.13 Å². The molecule has 1 amide bonds. The second-order valence-electron chi connectivity index (χ2n) is 5.52. The van der Waals surface area contributed by atoms with Gasteiger partial charge in [-0.2, -0.15) is 0 Å². The number of hydrogen-bond donors (Lipinski definition) is 1. The van der Waals surface area contributed by atoms with Crippen LogP contribution < -0.4 is 5.32 Å². The fourth-order valence-electron chi connectivity index (χ4n) is 2.43. The summed E-state index contributed by atoms with van der Waals surface area (Å²) in [7, 11) is 0. The summed E-state index contributed by atoms with van der Waals surface area (Å²) in [6.07, 6.45) is 1.77. The van der Waals surface area contributed by atoms with Crippen LogP contribution in [0.2, 0.25) is 0 Å². The average Bonchev–Trinajstić information content (AvgIpc) is 3.03. The van der Waals surface area contributed by atoms with Crippen molar-refractivity contribution in [2.75, 3.05) is 5.32 Å². The van der Waals surface area contributed by atoms with E-state index in [1.807, 2.05) is 54.6 Å². The van der Waals surface area contributed by atoms with Gasteiger partial charge in [0.05, 0.1) is 15.9 Å². The van der Waals surface area contributed by atoms with Crippen molar-refractivity contribution in [3.05, 3.63) is 60.8 Å². The highest BCUT2D eigenvalue weighted by atomic mass is 32.2. The zero-order valence-electron chi connectivity index (χ0n) is 13.8. The Labute approximate surface area is 158 Å². The summed E-state index contributed by atoms with van der Waals surface area (Å²) in [6, 6.07) is 17.9. The number of carbonyl (C=O) groups is 1. The second-order valence-corrected chi connectivity index (χ2v) is 7.59. The minimum Gasteiger partial charge on any atom is -0.302 e. The summed E-state index contributed by atoms with van der Waals surface area (Å²) in [5, 5.41) is 4.04. The van der Waals surface area contributed by atoms with Gasteiger partial charge in [-0.15, -0.1) is 0 Å². The van der Waals surface area contributed by atoms with E-state index in [1.165, 1.54) is 30.0 Å². The molecule has 0 spiro atoms. The number of benzene rings is 2. The Morgan fingerprint density at radius 3 is 2.73 bits per heavy atom. The first-order valence-corrected chi connectivity index (χ1v) is 9.55. The molecule has 0 atom stereocenters. The van der Waals surface area contributed by atoms with E-state index in [1.54, 1.807) is 6.20 Å². The van der Waals surface area contributed by atoms with Gasteiger partial charge in [-0.25, -0.2) is 15.0 Å². The quantitative estimate of drug-likeness (QED) is 0.514. The SMILES string of the molecule is CC(=O)Nc1nc2ccc(-c3ccnc(Sc4ccccc4)n3)cc2s1. The number of anilines is 1. The molecule has 128 valence electrons. The Hall–Kier alpha value is -2.77. The van der Waals surface area contributed by atoms with E-state index < -0.39 is 0 Å². The standard InChI is InChI=1S/C19H14N4OS2/c1-12(24)21-19-23-16-8-7-13(11-17(16)26-19)15-9-10-20-18(22-15)25-14-5-3-2-4-6-14/h2-11H,1H3,(H,21,23,24). The minimum absolute atomic E-state index is 0.123. The molecule has 1 N–H and O–H groups in total. The van der Waals surface area contributed by atoms with Gasteiger partial charge >= 0.3 is 0 Å². The molecule has 0 aliphatic rings. The molecule has 7 heteroatoms. The fourth-order valence-corrected chi connectivity index (χ4v) is 4.15. The van der Waals surface area contributed by atoms with Crippen LogP contribution in [-0.4, -0.2) is 20.9 Å². The number of carbonyl (C=O) groups excluding carboxylic acids is 1. The Balaban J connectivity index is 1.64. The van der Waals surface area contributed by atoms with E-state index in [0.29, 0.717) is 10.3 Å². The normalized spacial score (nSPS) is 10.8. The van der Waals surface area contributed by atoms with Gasteiger partial charge in [0.2, 0.25) is 5.91 Å². The van der Waals surface area contributed by atoms with E-state index in [2.05, 4.69) is 20.3 Å². The smallest absolute Gasteiger partial charge is 0.223 e. The number of rotatable bonds is 4. The van der Waals surface area contributed by atoms with E-state index in [-0.39, 0.29) is 5.91 Å². The molecular formula is C19H14N4OS2. The summed E-state index contributed by atoms with van der Waals surface area (Å²) in [4.78, 5) is 25.7. The molecule has 4 rings (SSSR count). The zero-order valence-corrected chi connectivity index (χ0v) is 15.5. The van der Waals surface area contributed by atoms with E-state index in [4.69, 9.17) is 0 Å². The number of nitrogens with one attached hydrogen (secondary N) is 1. The van der Waals surface area contributed by atoms with Crippen molar-refractivity contribution in [3.8, 4) is 11.3 Å².